The van der Waals surface area contributed by atoms with Gasteiger partial charge >= 0.3 is 0 Å². The number of nitro benzene ring substituents is 1. The normalized spacial score (nSPS) is 10.3. The largest absolute Gasteiger partial charge is 0.508 e. The molecule has 6 atom stereocenters. The number of fused-ring (bicyclic) bond motifs is 3. The molecule has 0 radical (unpaired) electrons. The Hall–Kier alpha value is -2.69. The van der Waals surface area contributed by atoms with Crippen LogP contribution in [0.3, 0.4) is 0 Å². The fourth-order valence-electron chi connectivity index (χ4n) is 6.69. The van der Waals surface area contributed by atoms with Gasteiger partial charge in [0.05, 0.1) is 39.7 Å². The minimum atomic E-state index is -0.449. The lowest BCUT2D eigenvalue weighted by Crippen LogP contribution is -1.94. The number of phenolic OH excluding ortho intramolecular Hbond substituents is 3. The summed E-state index contributed by atoms with van der Waals surface area (Å²) in [5.41, 5.74) is 8.55. The molecule has 0 fully saturated rings. The summed E-state index contributed by atoms with van der Waals surface area (Å²) >= 11 is 0. The first-order valence-electron chi connectivity index (χ1n) is 17.3. The maximum absolute atomic E-state index is 11.2. The van der Waals surface area contributed by atoms with Crippen LogP contribution in [-0.2, 0) is 0 Å². The van der Waals surface area contributed by atoms with Crippen LogP contribution < -0.4 is 4.74 Å². The minimum Gasteiger partial charge on any atom is -0.508 e. The highest BCUT2D eigenvalue weighted by atomic mass is 32.4. The van der Waals surface area contributed by atoms with Crippen molar-refractivity contribution in [3.05, 3.63) is 122 Å². The smallest absolute Gasteiger partial charge is 0.275 e. The highest BCUT2D eigenvalue weighted by Gasteiger charge is 2.17. The molecule has 0 saturated carbocycles. The fraction of sp³-hybridized carbons (Fsp3) is 0.238. The van der Waals surface area contributed by atoms with E-state index in [1.807, 2.05) is 57.4 Å². The van der Waals surface area contributed by atoms with Crippen molar-refractivity contribution in [3.8, 4) is 23.0 Å². The number of nitrogens with zero attached hydrogens (tertiary/aromatic N) is 4. The SMILES string of the molecule is C.C.C.C.COc1cc(C)c2c(ccn2P(P)P)c1C=O.Cc1cc(O)c(C=O)c2ccn(P(P)P)c12.Cc1cc(O)cc(C)c1[N+](=O)[O-].Cc1cc(O)cc2ccn(P(P)P)c12. The summed E-state index contributed by atoms with van der Waals surface area (Å²) < 4.78 is 11.7. The summed E-state index contributed by atoms with van der Waals surface area (Å²) in [7, 11) is 17.1. The number of rotatable bonds is 7. The highest BCUT2D eigenvalue weighted by molar-refractivity contribution is 8.43. The monoisotopic (exact) mass is 1030 g/mol. The molecule has 0 aliphatic heterocycles. The van der Waals surface area contributed by atoms with E-state index in [1.54, 1.807) is 39.2 Å². The summed E-state index contributed by atoms with van der Waals surface area (Å²) in [5, 5.41) is 41.6. The van der Waals surface area contributed by atoms with E-state index in [1.165, 1.54) is 17.6 Å². The van der Waals surface area contributed by atoms with Crippen LogP contribution in [0.4, 0.5) is 5.69 Å². The molecule has 0 spiro atoms. The molecule has 3 aromatic heterocycles. The maximum atomic E-state index is 11.2. The Labute approximate surface area is 389 Å². The number of nitro groups is 1. The van der Waals surface area contributed by atoms with Crippen LogP contribution in [0.15, 0.2) is 73.2 Å². The van der Waals surface area contributed by atoms with Gasteiger partial charge in [0.1, 0.15) is 23.0 Å². The van der Waals surface area contributed by atoms with E-state index in [-0.39, 0.29) is 54.3 Å². The molecule has 0 amide bonds. The van der Waals surface area contributed by atoms with Crippen molar-refractivity contribution in [3.63, 3.8) is 0 Å². The first-order valence-corrected chi connectivity index (χ1v) is 30.9. The van der Waals surface area contributed by atoms with Crippen LogP contribution >= 0.6 is 75.9 Å². The molecule has 3 N–H and O–H groups in total. The summed E-state index contributed by atoms with van der Waals surface area (Å²) in [5.74, 6) is 1.09. The summed E-state index contributed by atoms with van der Waals surface area (Å²) in [4.78, 5) is 32.2. The number of aromatic hydroxyl groups is 3. The lowest BCUT2D eigenvalue weighted by molar-refractivity contribution is -0.386. The summed E-state index contributed by atoms with van der Waals surface area (Å²) in [6.45, 7) is 9.19. The first kappa shape index (κ1) is 60.3. The van der Waals surface area contributed by atoms with Crippen molar-refractivity contribution in [1.29, 1.82) is 0 Å². The maximum Gasteiger partial charge on any atom is 0.275 e. The number of aromatic nitrogens is 3. The number of methoxy groups -OCH3 is 1. The lowest BCUT2D eigenvalue weighted by atomic mass is 10.1. The van der Waals surface area contributed by atoms with Gasteiger partial charge < -0.3 is 33.1 Å². The number of aryl methyl sites for hydroxylation is 5. The Morgan fingerprint density at radius 2 is 0.968 bits per heavy atom. The quantitative estimate of drug-likeness (QED) is 0.0615. The predicted molar refractivity (Wildman–Crippen MR) is 297 cm³/mol. The number of ether oxygens (including phenoxy) is 1. The number of benzene rings is 4. The van der Waals surface area contributed by atoms with Gasteiger partial charge in [0.15, 0.2) is 12.6 Å². The summed E-state index contributed by atoms with van der Waals surface area (Å²) in [6.07, 6.45) is 7.57. The molecule has 21 heteroatoms. The van der Waals surface area contributed by atoms with Crippen molar-refractivity contribution in [2.45, 2.75) is 64.3 Å². The van der Waals surface area contributed by atoms with E-state index in [4.69, 9.17) is 9.84 Å². The Balaban J connectivity index is 0.000000803. The average Bonchev–Trinajstić information content (AvgIpc) is 3.90. The zero-order chi connectivity index (χ0) is 44.0. The van der Waals surface area contributed by atoms with Crippen LogP contribution in [-0.4, -0.2) is 52.9 Å². The third-order valence-electron chi connectivity index (χ3n) is 9.10. The van der Waals surface area contributed by atoms with Crippen molar-refractivity contribution in [1.82, 2.24) is 13.0 Å². The van der Waals surface area contributed by atoms with Crippen molar-refractivity contribution in [2.24, 2.45) is 0 Å². The van der Waals surface area contributed by atoms with Gasteiger partial charge in [0.25, 0.3) is 5.69 Å². The molecule has 3 heterocycles. The second-order valence-electron chi connectivity index (χ2n) is 13.2. The fourth-order valence-corrected chi connectivity index (χ4v) is 12.3. The topological polar surface area (TPSA) is 162 Å². The second kappa shape index (κ2) is 26.5. The van der Waals surface area contributed by atoms with Crippen LogP contribution in [0.25, 0.3) is 32.7 Å². The molecule has 12 nitrogen and oxygen atoms in total. The molecule has 0 bridgehead atoms. The molecular formula is C42H63N4O8P9. The lowest BCUT2D eigenvalue weighted by Gasteiger charge is -2.13. The highest BCUT2D eigenvalue weighted by Crippen LogP contribution is 2.57. The van der Waals surface area contributed by atoms with E-state index in [2.05, 4.69) is 72.8 Å². The van der Waals surface area contributed by atoms with Crippen molar-refractivity contribution >= 4 is 127 Å². The molecule has 6 unspecified atom stereocenters. The first-order chi connectivity index (χ1) is 27.8. The van der Waals surface area contributed by atoms with E-state index in [0.29, 0.717) is 40.0 Å². The van der Waals surface area contributed by atoms with E-state index >= 15 is 0 Å². The van der Waals surface area contributed by atoms with Crippen LogP contribution in [0.1, 0.15) is 78.2 Å². The van der Waals surface area contributed by atoms with Gasteiger partial charge in [-0.2, -0.15) is 0 Å². The molecule has 63 heavy (non-hydrogen) atoms. The van der Waals surface area contributed by atoms with Crippen LogP contribution in [0, 0.1) is 44.7 Å². The Kier molecular flexibility index (Phi) is 25.3. The molecule has 7 rings (SSSR count). The van der Waals surface area contributed by atoms with E-state index in [0.717, 1.165) is 50.2 Å². The number of carbonyl (C=O) groups is 2. The van der Waals surface area contributed by atoms with Gasteiger partial charge in [-0.25, -0.2) is 0 Å². The zero-order valence-corrected chi connectivity index (χ0v) is 42.7. The van der Waals surface area contributed by atoms with Gasteiger partial charge in [-0.3, -0.25) is 19.7 Å². The molecule has 0 saturated heterocycles. The third kappa shape index (κ3) is 13.9. The molecule has 344 valence electrons. The van der Waals surface area contributed by atoms with Gasteiger partial charge in [0, 0.05) is 68.2 Å². The van der Waals surface area contributed by atoms with Crippen molar-refractivity contribution in [2.75, 3.05) is 7.11 Å². The average molecular weight is 1030 g/mol. The zero-order valence-electron chi connectivity index (χ0n) is 33.1. The molecule has 4 aromatic carbocycles. The van der Waals surface area contributed by atoms with Gasteiger partial charge in [-0.15, -0.1) is 0 Å². The Morgan fingerprint density at radius 1 is 0.587 bits per heavy atom. The molecule has 0 aliphatic carbocycles. The van der Waals surface area contributed by atoms with Crippen LogP contribution in [0.2, 0.25) is 0 Å². The van der Waals surface area contributed by atoms with E-state index in [9.17, 15) is 29.9 Å². The summed E-state index contributed by atoms with van der Waals surface area (Å²) in [6, 6.07) is 15.8. The van der Waals surface area contributed by atoms with Gasteiger partial charge in [-0.05, 0) is 106 Å². The Bertz CT molecular complexity index is 2650. The molecule has 7 aromatic rings. The van der Waals surface area contributed by atoms with E-state index < -0.39 is 19.8 Å². The van der Waals surface area contributed by atoms with Crippen LogP contribution in [0.5, 0.6) is 23.0 Å². The van der Waals surface area contributed by atoms with Gasteiger partial charge in [0.2, 0.25) is 0 Å². The Morgan fingerprint density at radius 3 is 1.40 bits per heavy atom. The standard InChI is InChI=1S/C11H14NO2P3.C10H12NO2P3.C9H12NOP3.C8H9NO3.4CH4/c1-7-5-10(14-2)9(6-13)8-3-4-12(11(7)8)17(15)16;1-6-4-9(13)8(5-12)7-2-3-11(10(6)7)16(14)15;1-6-4-8(11)5-7-2-3-10(9(6)7)14(12)13;1-5-3-7(10)4-6(2)8(5)9(11)12;;;;/h3-6H,15-16H2,1-2H3;2-5,13H,14-15H2,1H3;2-5,11H,12-13H2,1H3;3-4,10H,1-2H3;4*1H4. The van der Waals surface area contributed by atoms with Crippen molar-refractivity contribution < 1.29 is 34.6 Å². The predicted octanol–water partition coefficient (Wildman–Crippen LogP) is 14.8. The van der Waals surface area contributed by atoms with Gasteiger partial charge in [-0.1, -0.05) is 83.3 Å². The minimum absolute atomic E-state index is 0. The number of hydrogen-bond acceptors (Lipinski definition) is 8. The number of hydrogen-bond donors (Lipinski definition) is 3. The number of carbonyl (C=O) groups excluding carboxylic acids is 2. The molecule has 0 aliphatic rings. The molecular weight excluding hydrogens is 967 g/mol. The second-order valence-corrected chi connectivity index (χ2v) is 31.7. The number of aldehydes is 2. The number of phenols is 3. The third-order valence-corrected chi connectivity index (χ3v) is 16.1.